The van der Waals surface area contributed by atoms with Gasteiger partial charge in [-0.05, 0) is 36.8 Å². The summed E-state index contributed by atoms with van der Waals surface area (Å²) in [5, 5.41) is 5.29. The molecule has 0 radical (unpaired) electrons. The van der Waals surface area contributed by atoms with Crippen LogP contribution in [0, 0.1) is 6.92 Å². The number of para-hydroxylation sites is 2. The minimum Gasteiger partial charge on any atom is -0.405 e. The van der Waals surface area contributed by atoms with E-state index in [9.17, 15) is 22.8 Å². The molecule has 160 valence electrons. The summed E-state index contributed by atoms with van der Waals surface area (Å²) in [6, 6.07) is 13.5. The van der Waals surface area contributed by atoms with Gasteiger partial charge in [0.15, 0.2) is 0 Å². The van der Waals surface area contributed by atoms with Gasteiger partial charge in [-0.1, -0.05) is 30.3 Å². The summed E-state index contributed by atoms with van der Waals surface area (Å²) in [6.07, 6.45) is -1.90. The first-order valence-corrected chi connectivity index (χ1v) is 9.17. The molecular formula is C22H18F3N3O3. The van der Waals surface area contributed by atoms with Gasteiger partial charge in [-0.2, -0.15) is 0 Å². The number of carbonyl (C=O) groups is 2. The van der Waals surface area contributed by atoms with Crippen LogP contribution < -0.4 is 15.4 Å². The van der Waals surface area contributed by atoms with Crippen molar-refractivity contribution in [2.24, 2.45) is 0 Å². The minimum atomic E-state index is -4.85. The summed E-state index contributed by atoms with van der Waals surface area (Å²) in [5.74, 6) is -1.38. The van der Waals surface area contributed by atoms with Crippen molar-refractivity contribution in [1.29, 1.82) is 0 Å². The number of ether oxygens (including phenoxy) is 1. The Bertz CT molecular complexity index is 1090. The lowest BCUT2D eigenvalue weighted by Gasteiger charge is -2.16. The van der Waals surface area contributed by atoms with Crippen LogP contribution in [0.5, 0.6) is 5.75 Å². The Morgan fingerprint density at radius 1 is 0.968 bits per heavy atom. The van der Waals surface area contributed by atoms with Crippen LogP contribution in [0.15, 0.2) is 67.0 Å². The molecule has 1 heterocycles. The van der Waals surface area contributed by atoms with Crippen molar-refractivity contribution in [3.63, 3.8) is 0 Å². The quantitative estimate of drug-likeness (QED) is 0.606. The molecule has 0 spiro atoms. The van der Waals surface area contributed by atoms with Gasteiger partial charge >= 0.3 is 6.36 Å². The van der Waals surface area contributed by atoms with Crippen LogP contribution in [0.2, 0.25) is 0 Å². The van der Waals surface area contributed by atoms with Gasteiger partial charge in [0.05, 0.1) is 11.3 Å². The van der Waals surface area contributed by atoms with E-state index < -0.39 is 23.9 Å². The van der Waals surface area contributed by atoms with E-state index >= 15 is 0 Å². The van der Waals surface area contributed by atoms with Gasteiger partial charge in [0.25, 0.3) is 11.8 Å². The molecule has 0 aliphatic rings. The maximum atomic E-state index is 12.8. The number of carbonyl (C=O) groups excluding carboxylic acids is 2. The number of hydrogen-bond donors (Lipinski definition) is 2. The molecule has 2 aromatic carbocycles. The Hall–Kier alpha value is -3.88. The maximum absolute atomic E-state index is 12.8. The van der Waals surface area contributed by atoms with E-state index in [1.807, 2.05) is 0 Å². The molecule has 2 N–H and O–H groups in total. The Kier molecular flexibility index (Phi) is 6.54. The summed E-state index contributed by atoms with van der Waals surface area (Å²) in [7, 11) is 0. The normalized spacial score (nSPS) is 11.0. The van der Waals surface area contributed by atoms with Gasteiger partial charge in [-0.25, -0.2) is 0 Å². The number of hydrogen-bond acceptors (Lipinski definition) is 4. The van der Waals surface area contributed by atoms with E-state index in [0.717, 1.165) is 0 Å². The number of benzene rings is 2. The topological polar surface area (TPSA) is 80.3 Å². The molecule has 0 fully saturated rings. The molecular weight excluding hydrogens is 411 g/mol. The fourth-order valence-corrected chi connectivity index (χ4v) is 2.86. The first-order chi connectivity index (χ1) is 14.7. The van der Waals surface area contributed by atoms with E-state index in [0.29, 0.717) is 16.8 Å². The largest absolute Gasteiger partial charge is 0.573 e. The van der Waals surface area contributed by atoms with Gasteiger partial charge in [0.2, 0.25) is 0 Å². The van der Waals surface area contributed by atoms with Crippen molar-refractivity contribution in [1.82, 2.24) is 10.3 Å². The number of anilines is 1. The zero-order valence-electron chi connectivity index (χ0n) is 16.4. The van der Waals surface area contributed by atoms with E-state index in [1.54, 1.807) is 19.1 Å². The maximum Gasteiger partial charge on any atom is 0.573 e. The summed E-state index contributed by atoms with van der Waals surface area (Å²) in [5.41, 5.74) is 1.65. The van der Waals surface area contributed by atoms with Gasteiger partial charge in [-0.3, -0.25) is 14.6 Å². The second-order valence-corrected chi connectivity index (χ2v) is 6.53. The van der Waals surface area contributed by atoms with E-state index in [2.05, 4.69) is 20.4 Å². The molecule has 31 heavy (non-hydrogen) atoms. The SMILES string of the molecule is Cc1cccc(C(=O)NCc2ccccc2OC(F)(F)F)c1NC(=O)c1ccncc1. The average molecular weight is 429 g/mol. The third-order valence-corrected chi connectivity index (χ3v) is 4.34. The van der Waals surface area contributed by atoms with Crippen LogP contribution in [-0.2, 0) is 6.54 Å². The number of aryl methyl sites for hydroxylation is 1. The van der Waals surface area contributed by atoms with Gasteiger partial charge < -0.3 is 15.4 Å². The first kappa shape index (κ1) is 21.8. The minimum absolute atomic E-state index is 0.156. The van der Waals surface area contributed by atoms with Crippen LogP contribution in [0.1, 0.15) is 31.8 Å². The number of rotatable bonds is 6. The Labute approximate surface area is 176 Å². The predicted molar refractivity (Wildman–Crippen MR) is 108 cm³/mol. The number of halogens is 3. The molecule has 0 aliphatic heterocycles. The predicted octanol–water partition coefficient (Wildman–Crippen LogP) is 4.47. The van der Waals surface area contributed by atoms with Gasteiger partial charge in [0.1, 0.15) is 5.75 Å². The highest BCUT2D eigenvalue weighted by molar-refractivity contribution is 6.09. The summed E-state index contributed by atoms with van der Waals surface area (Å²) in [4.78, 5) is 29.1. The molecule has 1 aromatic heterocycles. The second kappa shape index (κ2) is 9.29. The van der Waals surface area contributed by atoms with E-state index in [4.69, 9.17) is 0 Å². The molecule has 9 heteroatoms. The fourth-order valence-electron chi connectivity index (χ4n) is 2.86. The first-order valence-electron chi connectivity index (χ1n) is 9.17. The molecule has 0 atom stereocenters. The lowest BCUT2D eigenvalue weighted by molar-refractivity contribution is -0.274. The van der Waals surface area contributed by atoms with Crippen LogP contribution in [0.25, 0.3) is 0 Å². The number of aromatic nitrogens is 1. The number of pyridine rings is 1. The molecule has 3 aromatic rings. The summed E-state index contributed by atoms with van der Waals surface area (Å²) >= 11 is 0. The molecule has 0 saturated heterocycles. The zero-order chi connectivity index (χ0) is 22.4. The highest BCUT2D eigenvalue weighted by atomic mass is 19.4. The third-order valence-electron chi connectivity index (χ3n) is 4.34. The lowest BCUT2D eigenvalue weighted by atomic mass is 10.1. The lowest BCUT2D eigenvalue weighted by Crippen LogP contribution is -2.26. The van der Waals surface area contributed by atoms with Crippen molar-refractivity contribution in [3.05, 3.63) is 89.2 Å². The van der Waals surface area contributed by atoms with Crippen LogP contribution in [0.3, 0.4) is 0 Å². The molecule has 2 amide bonds. The van der Waals surface area contributed by atoms with Crippen LogP contribution in [0.4, 0.5) is 18.9 Å². The van der Waals surface area contributed by atoms with E-state index in [-0.39, 0.29) is 17.7 Å². The second-order valence-electron chi connectivity index (χ2n) is 6.53. The number of amides is 2. The Balaban J connectivity index is 1.78. The van der Waals surface area contributed by atoms with Gasteiger partial charge in [0, 0.05) is 30.1 Å². The Morgan fingerprint density at radius 3 is 2.39 bits per heavy atom. The molecule has 6 nitrogen and oxygen atoms in total. The van der Waals surface area contributed by atoms with Crippen molar-refractivity contribution in [2.45, 2.75) is 19.8 Å². The number of nitrogens with one attached hydrogen (secondary N) is 2. The molecule has 0 unspecified atom stereocenters. The molecule has 0 aliphatic carbocycles. The van der Waals surface area contributed by atoms with Crippen molar-refractivity contribution in [3.8, 4) is 5.75 Å². The third kappa shape index (κ3) is 5.81. The highest BCUT2D eigenvalue weighted by Gasteiger charge is 2.32. The molecule has 0 bridgehead atoms. The van der Waals surface area contributed by atoms with Crippen LogP contribution in [-0.4, -0.2) is 23.2 Å². The summed E-state index contributed by atoms with van der Waals surface area (Å²) in [6.45, 7) is 1.53. The number of nitrogens with zero attached hydrogens (tertiary/aromatic N) is 1. The monoisotopic (exact) mass is 429 g/mol. The van der Waals surface area contributed by atoms with Gasteiger partial charge in [-0.15, -0.1) is 13.2 Å². The molecule has 3 rings (SSSR count). The highest BCUT2D eigenvalue weighted by Crippen LogP contribution is 2.26. The van der Waals surface area contributed by atoms with E-state index in [1.165, 1.54) is 54.9 Å². The van der Waals surface area contributed by atoms with Crippen molar-refractivity contribution in [2.75, 3.05) is 5.32 Å². The van der Waals surface area contributed by atoms with Crippen molar-refractivity contribution < 1.29 is 27.5 Å². The molecule has 0 saturated carbocycles. The fraction of sp³-hybridized carbons (Fsp3) is 0.136. The smallest absolute Gasteiger partial charge is 0.405 e. The zero-order valence-corrected chi connectivity index (χ0v) is 16.4. The number of alkyl halides is 3. The summed E-state index contributed by atoms with van der Waals surface area (Å²) < 4.78 is 41.8. The van der Waals surface area contributed by atoms with Crippen LogP contribution >= 0.6 is 0 Å². The average Bonchev–Trinajstić information content (AvgIpc) is 2.74. The standard InChI is InChI=1S/C22H18F3N3O3/c1-14-5-4-7-17(19(14)28-20(29)15-9-11-26-12-10-15)21(30)27-13-16-6-2-3-8-18(16)31-22(23,24)25/h2-12H,13H2,1H3,(H,27,30)(H,28,29). The Morgan fingerprint density at radius 2 is 1.68 bits per heavy atom. The van der Waals surface area contributed by atoms with Crippen molar-refractivity contribution >= 4 is 17.5 Å².